The van der Waals surface area contributed by atoms with Gasteiger partial charge in [-0.3, -0.25) is 0 Å². The Morgan fingerprint density at radius 3 is 2.42 bits per heavy atom. The fraction of sp³-hybridized carbons (Fsp3) is 1.00. The van der Waals surface area contributed by atoms with Gasteiger partial charge in [-0.25, -0.2) is 0 Å². The molecular weight excluding hydrogens is 240 g/mol. The Morgan fingerprint density at radius 1 is 1.11 bits per heavy atom. The molecule has 3 atom stereocenters. The van der Waals surface area contributed by atoms with E-state index in [9.17, 15) is 5.11 Å². The summed E-state index contributed by atoms with van der Waals surface area (Å²) in [4.78, 5) is 0. The maximum Gasteiger partial charge on any atom is 0.168 e. The smallest absolute Gasteiger partial charge is 0.168 e. The van der Waals surface area contributed by atoms with Crippen molar-refractivity contribution in [3.63, 3.8) is 0 Å². The fourth-order valence-electron chi connectivity index (χ4n) is 3.66. The Morgan fingerprint density at radius 2 is 1.84 bits per heavy atom. The zero-order valence-electron chi connectivity index (χ0n) is 12.6. The number of aliphatic hydroxyl groups excluding tert-OH is 1. The van der Waals surface area contributed by atoms with Crippen molar-refractivity contribution in [3.8, 4) is 0 Å². The lowest BCUT2D eigenvalue weighted by Crippen LogP contribution is -2.32. The SMILES string of the molecule is CCCCCC1(CC[C@H]2[C@H](O)CC[C@@H]2C)OCCO1. The van der Waals surface area contributed by atoms with E-state index >= 15 is 0 Å². The van der Waals surface area contributed by atoms with Gasteiger partial charge in [-0.2, -0.15) is 0 Å². The molecule has 1 saturated heterocycles. The molecule has 0 aromatic heterocycles. The summed E-state index contributed by atoms with van der Waals surface area (Å²) in [6.45, 7) is 5.95. The van der Waals surface area contributed by atoms with E-state index in [2.05, 4.69) is 13.8 Å². The molecule has 1 N–H and O–H groups in total. The van der Waals surface area contributed by atoms with E-state index in [-0.39, 0.29) is 11.9 Å². The second-order valence-electron chi connectivity index (χ2n) is 6.39. The zero-order chi connectivity index (χ0) is 13.7. The van der Waals surface area contributed by atoms with Crippen molar-refractivity contribution in [1.82, 2.24) is 0 Å². The Hall–Kier alpha value is -0.120. The molecule has 0 radical (unpaired) electrons. The molecule has 3 heteroatoms. The summed E-state index contributed by atoms with van der Waals surface area (Å²) < 4.78 is 11.8. The normalized spacial score (nSPS) is 33.9. The third-order valence-electron chi connectivity index (χ3n) is 4.98. The topological polar surface area (TPSA) is 38.7 Å². The van der Waals surface area contributed by atoms with E-state index in [1.807, 2.05) is 0 Å². The number of unbranched alkanes of at least 4 members (excludes halogenated alkanes) is 2. The number of rotatable bonds is 7. The summed E-state index contributed by atoms with van der Waals surface area (Å²) in [7, 11) is 0. The minimum Gasteiger partial charge on any atom is -0.393 e. The average Bonchev–Trinajstić information content (AvgIpc) is 2.97. The van der Waals surface area contributed by atoms with Gasteiger partial charge >= 0.3 is 0 Å². The first-order valence-corrected chi connectivity index (χ1v) is 8.13. The van der Waals surface area contributed by atoms with Crippen LogP contribution in [0.5, 0.6) is 0 Å². The third-order valence-corrected chi connectivity index (χ3v) is 4.98. The highest BCUT2D eigenvalue weighted by Gasteiger charge is 2.39. The van der Waals surface area contributed by atoms with Gasteiger partial charge in [0, 0.05) is 12.8 Å². The van der Waals surface area contributed by atoms with E-state index in [1.165, 1.54) is 19.3 Å². The van der Waals surface area contributed by atoms with Gasteiger partial charge in [-0.1, -0.05) is 26.7 Å². The van der Waals surface area contributed by atoms with Crippen molar-refractivity contribution in [2.75, 3.05) is 13.2 Å². The summed E-state index contributed by atoms with van der Waals surface area (Å²) in [5.41, 5.74) is 0. The van der Waals surface area contributed by atoms with Crippen molar-refractivity contribution >= 4 is 0 Å². The van der Waals surface area contributed by atoms with Gasteiger partial charge in [0.05, 0.1) is 19.3 Å². The van der Waals surface area contributed by atoms with Crippen LogP contribution in [-0.4, -0.2) is 30.2 Å². The van der Waals surface area contributed by atoms with Crippen LogP contribution in [0.2, 0.25) is 0 Å². The van der Waals surface area contributed by atoms with E-state index in [0.29, 0.717) is 11.8 Å². The van der Waals surface area contributed by atoms with Crippen LogP contribution >= 0.6 is 0 Å². The number of ether oxygens (including phenoxy) is 2. The van der Waals surface area contributed by atoms with Crippen LogP contribution in [0.15, 0.2) is 0 Å². The summed E-state index contributed by atoms with van der Waals surface area (Å²) in [6, 6.07) is 0. The van der Waals surface area contributed by atoms with Crippen LogP contribution in [0, 0.1) is 11.8 Å². The van der Waals surface area contributed by atoms with Gasteiger partial charge in [-0.15, -0.1) is 0 Å². The van der Waals surface area contributed by atoms with E-state index in [0.717, 1.165) is 45.3 Å². The molecule has 1 saturated carbocycles. The minimum atomic E-state index is -0.336. The molecule has 112 valence electrons. The second kappa shape index (κ2) is 7.05. The summed E-state index contributed by atoms with van der Waals surface area (Å²) in [6.07, 6.45) is 8.68. The van der Waals surface area contributed by atoms with E-state index in [1.54, 1.807) is 0 Å². The Balaban J connectivity index is 1.82. The van der Waals surface area contributed by atoms with Crippen molar-refractivity contribution < 1.29 is 14.6 Å². The molecular formula is C16H30O3. The van der Waals surface area contributed by atoms with Crippen LogP contribution < -0.4 is 0 Å². The minimum absolute atomic E-state index is 0.107. The Bertz CT molecular complexity index is 251. The predicted octanol–water partition coefficient (Wildman–Crippen LogP) is 3.50. The van der Waals surface area contributed by atoms with Crippen molar-refractivity contribution in [2.45, 2.75) is 77.1 Å². The second-order valence-corrected chi connectivity index (χ2v) is 6.39. The first-order chi connectivity index (χ1) is 9.17. The molecule has 0 amide bonds. The molecule has 1 aliphatic heterocycles. The summed E-state index contributed by atoms with van der Waals surface area (Å²) in [5.74, 6) is 0.747. The summed E-state index contributed by atoms with van der Waals surface area (Å²) in [5, 5.41) is 10.0. The van der Waals surface area contributed by atoms with Gasteiger partial charge in [-0.05, 0) is 37.5 Å². The monoisotopic (exact) mass is 270 g/mol. The lowest BCUT2D eigenvalue weighted by atomic mass is 9.88. The molecule has 1 aliphatic carbocycles. The average molecular weight is 270 g/mol. The van der Waals surface area contributed by atoms with Gasteiger partial charge in [0.1, 0.15) is 0 Å². The number of hydrogen-bond acceptors (Lipinski definition) is 3. The van der Waals surface area contributed by atoms with Crippen LogP contribution in [0.4, 0.5) is 0 Å². The molecule has 0 bridgehead atoms. The first-order valence-electron chi connectivity index (χ1n) is 8.13. The molecule has 0 aromatic carbocycles. The molecule has 2 aliphatic rings. The highest BCUT2D eigenvalue weighted by molar-refractivity contribution is 4.85. The van der Waals surface area contributed by atoms with Crippen LogP contribution in [0.1, 0.15) is 65.2 Å². The first kappa shape index (κ1) is 15.3. The van der Waals surface area contributed by atoms with E-state index < -0.39 is 0 Å². The molecule has 2 rings (SSSR count). The van der Waals surface area contributed by atoms with Crippen LogP contribution in [0.25, 0.3) is 0 Å². The predicted molar refractivity (Wildman–Crippen MR) is 75.9 cm³/mol. The largest absolute Gasteiger partial charge is 0.393 e. The lowest BCUT2D eigenvalue weighted by Gasteiger charge is -2.30. The highest BCUT2D eigenvalue weighted by Crippen LogP contribution is 2.39. The Labute approximate surface area is 117 Å². The summed E-state index contributed by atoms with van der Waals surface area (Å²) >= 11 is 0. The highest BCUT2D eigenvalue weighted by atomic mass is 16.7. The van der Waals surface area contributed by atoms with Gasteiger partial charge in [0.15, 0.2) is 5.79 Å². The van der Waals surface area contributed by atoms with Crippen LogP contribution in [-0.2, 0) is 9.47 Å². The van der Waals surface area contributed by atoms with Crippen LogP contribution in [0.3, 0.4) is 0 Å². The molecule has 0 spiro atoms. The Kier molecular flexibility index (Phi) is 5.67. The fourth-order valence-corrected chi connectivity index (χ4v) is 3.66. The van der Waals surface area contributed by atoms with Gasteiger partial charge in [0.25, 0.3) is 0 Å². The maximum absolute atomic E-state index is 10.0. The lowest BCUT2D eigenvalue weighted by molar-refractivity contribution is -0.171. The number of hydrogen-bond donors (Lipinski definition) is 1. The molecule has 2 fully saturated rings. The molecule has 19 heavy (non-hydrogen) atoms. The maximum atomic E-state index is 10.0. The van der Waals surface area contributed by atoms with Crippen molar-refractivity contribution in [2.24, 2.45) is 11.8 Å². The van der Waals surface area contributed by atoms with Gasteiger partial charge in [0.2, 0.25) is 0 Å². The third kappa shape index (κ3) is 3.93. The van der Waals surface area contributed by atoms with E-state index in [4.69, 9.17) is 9.47 Å². The number of aliphatic hydroxyl groups is 1. The quantitative estimate of drug-likeness (QED) is 0.720. The van der Waals surface area contributed by atoms with Crippen molar-refractivity contribution in [3.05, 3.63) is 0 Å². The van der Waals surface area contributed by atoms with Gasteiger partial charge < -0.3 is 14.6 Å². The van der Waals surface area contributed by atoms with Crippen molar-refractivity contribution in [1.29, 1.82) is 0 Å². The molecule has 3 nitrogen and oxygen atoms in total. The zero-order valence-corrected chi connectivity index (χ0v) is 12.6. The standard InChI is InChI=1S/C16H30O3/c1-3-4-5-9-16(18-11-12-19-16)10-8-14-13(2)6-7-15(14)17/h13-15,17H,3-12H2,1-2H3/t13-,14+,15+/m0/s1. The molecule has 0 unspecified atom stereocenters. The molecule has 1 heterocycles. The molecule has 0 aromatic rings.